The number of aryl methyl sites for hydroxylation is 1. The molecule has 10 heteroatoms. The number of aliphatic imine (C=N–C) groups is 1. The number of aromatic amines is 1. The maximum Gasteiger partial charge on any atom is 0.266 e. The highest BCUT2D eigenvalue weighted by atomic mass is 35.5. The van der Waals surface area contributed by atoms with Crippen LogP contribution in [-0.4, -0.2) is 29.7 Å². The van der Waals surface area contributed by atoms with E-state index in [1.165, 1.54) is 12.1 Å². The first kappa shape index (κ1) is 15.7. The van der Waals surface area contributed by atoms with Gasteiger partial charge in [-0.15, -0.1) is 0 Å². The molecule has 0 amide bonds. The molecule has 2 aromatic carbocycles. The topological polar surface area (TPSA) is 119 Å². The molecule has 0 spiro atoms. The standard InChI is InChI=1S/C15H12ClN5O3S/c1-7-2-3-10(9-6-17-20-13(7)9)18-15-19-14-11(22)4-8(16)5-12(14)25(23,24)21-15/h2-6,22H,1H3,(H,17,20)(H2,18,19,21). The summed E-state index contributed by atoms with van der Waals surface area (Å²) in [5.74, 6) is -0.347. The number of hydrogen-bond acceptors (Lipinski definition) is 6. The Labute approximate surface area is 147 Å². The van der Waals surface area contributed by atoms with E-state index in [0.29, 0.717) is 5.69 Å². The largest absolute Gasteiger partial charge is 0.506 e. The normalized spacial score (nSPS) is 15.4. The lowest BCUT2D eigenvalue weighted by Crippen LogP contribution is -2.38. The zero-order chi connectivity index (χ0) is 17.8. The van der Waals surface area contributed by atoms with Crippen molar-refractivity contribution in [2.45, 2.75) is 11.8 Å². The van der Waals surface area contributed by atoms with Crippen LogP contribution < -0.4 is 10.0 Å². The van der Waals surface area contributed by atoms with Crippen molar-refractivity contribution in [3.8, 4) is 5.75 Å². The molecule has 128 valence electrons. The molecule has 0 saturated heterocycles. The molecule has 1 aromatic heterocycles. The molecule has 0 atom stereocenters. The summed E-state index contributed by atoms with van der Waals surface area (Å²) in [5.41, 5.74) is 2.38. The van der Waals surface area contributed by atoms with Crippen molar-refractivity contribution in [3.63, 3.8) is 0 Å². The number of phenolic OH excluding ortho intramolecular Hbond substituents is 1. The molecule has 25 heavy (non-hydrogen) atoms. The second kappa shape index (κ2) is 5.36. The van der Waals surface area contributed by atoms with Gasteiger partial charge < -0.3 is 10.4 Å². The Morgan fingerprint density at radius 2 is 2.08 bits per heavy atom. The van der Waals surface area contributed by atoms with Gasteiger partial charge in [-0.3, -0.25) is 5.10 Å². The van der Waals surface area contributed by atoms with Crippen molar-refractivity contribution in [3.05, 3.63) is 41.0 Å². The molecule has 0 aliphatic carbocycles. The average Bonchev–Trinajstić information content (AvgIpc) is 3.02. The van der Waals surface area contributed by atoms with Gasteiger partial charge in [-0.05, 0) is 24.6 Å². The fraction of sp³-hybridized carbons (Fsp3) is 0.0667. The Morgan fingerprint density at radius 3 is 2.88 bits per heavy atom. The zero-order valence-corrected chi connectivity index (χ0v) is 14.4. The number of rotatable bonds is 1. The maximum absolute atomic E-state index is 12.4. The van der Waals surface area contributed by atoms with Crippen molar-refractivity contribution in [1.82, 2.24) is 14.9 Å². The molecule has 0 saturated carbocycles. The number of nitrogens with zero attached hydrogens (tertiary/aromatic N) is 2. The van der Waals surface area contributed by atoms with E-state index < -0.39 is 10.0 Å². The number of nitrogens with one attached hydrogen (secondary N) is 3. The lowest BCUT2D eigenvalue weighted by Gasteiger charge is -2.20. The molecule has 0 unspecified atom stereocenters. The lowest BCUT2D eigenvalue weighted by atomic mass is 10.1. The molecular formula is C15H12ClN5O3S. The van der Waals surface area contributed by atoms with E-state index >= 15 is 0 Å². The number of halogens is 1. The second-order valence-corrected chi connectivity index (χ2v) is 7.64. The highest BCUT2D eigenvalue weighted by Gasteiger charge is 2.28. The Hall–Kier alpha value is -2.78. The quantitative estimate of drug-likeness (QED) is 0.519. The highest BCUT2D eigenvalue weighted by molar-refractivity contribution is 7.90. The average molecular weight is 378 g/mol. The minimum Gasteiger partial charge on any atom is -0.506 e. The molecule has 2 heterocycles. The Bertz CT molecular complexity index is 1150. The molecule has 0 fully saturated rings. The summed E-state index contributed by atoms with van der Waals surface area (Å²) in [6.45, 7) is 1.93. The summed E-state index contributed by atoms with van der Waals surface area (Å²) in [5, 5.41) is 20.7. The maximum atomic E-state index is 12.4. The minimum atomic E-state index is -3.92. The van der Waals surface area contributed by atoms with Crippen LogP contribution in [0.3, 0.4) is 0 Å². The number of aromatic hydroxyl groups is 1. The summed E-state index contributed by atoms with van der Waals surface area (Å²) in [7, 11) is -3.92. The predicted octanol–water partition coefficient (Wildman–Crippen LogP) is 2.62. The van der Waals surface area contributed by atoms with Crippen molar-refractivity contribution >= 4 is 49.9 Å². The van der Waals surface area contributed by atoms with Crippen LogP contribution in [0.4, 0.5) is 11.4 Å². The van der Waals surface area contributed by atoms with Crippen LogP contribution in [0, 0.1) is 6.92 Å². The van der Waals surface area contributed by atoms with Gasteiger partial charge in [-0.2, -0.15) is 5.10 Å². The van der Waals surface area contributed by atoms with Gasteiger partial charge in [0.1, 0.15) is 16.3 Å². The number of aromatic nitrogens is 2. The van der Waals surface area contributed by atoms with Gasteiger partial charge in [0.05, 0.1) is 17.4 Å². The van der Waals surface area contributed by atoms with Crippen molar-refractivity contribution < 1.29 is 13.5 Å². The van der Waals surface area contributed by atoms with E-state index in [-0.39, 0.29) is 27.3 Å². The van der Waals surface area contributed by atoms with Gasteiger partial charge in [0, 0.05) is 16.5 Å². The van der Waals surface area contributed by atoms with Crippen LogP contribution in [-0.2, 0) is 10.0 Å². The number of fused-ring (bicyclic) bond motifs is 2. The van der Waals surface area contributed by atoms with Crippen molar-refractivity contribution in [2.75, 3.05) is 5.32 Å². The Kier molecular flexibility index (Phi) is 3.37. The minimum absolute atomic E-state index is 0.0310. The van der Waals surface area contributed by atoms with E-state index in [9.17, 15) is 13.5 Å². The summed E-state index contributed by atoms with van der Waals surface area (Å²) < 4.78 is 27.2. The van der Waals surface area contributed by atoms with Gasteiger partial charge in [0.15, 0.2) is 0 Å². The lowest BCUT2D eigenvalue weighted by molar-refractivity contribution is 0.474. The number of phenols is 1. The van der Waals surface area contributed by atoms with Gasteiger partial charge in [0.2, 0.25) is 5.96 Å². The SMILES string of the molecule is Cc1ccc(NC2=Nc3c(O)cc(Cl)cc3S(=O)(=O)N2)c2cn[nH]c12. The van der Waals surface area contributed by atoms with Crippen LogP contribution in [0.5, 0.6) is 5.75 Å². The Morgan fingerprint density at radius 1 is 1.28 bits per heavy atom. The monoisotopic (exact) mass is 377 g/mol. The molecule has 8 nitrogen and oxygen atoms in total. The molecule has 0 radical (unpaired) electrons. The van der Waals surface area contributed by atoms with E-state index in [1.54, 1.807) is 12.3 Å². The number of sulfonamides is 1. The van der Waals surface area contributed by atoms with E-state index in [2.05, 4.69) is 25.2 Å². The highest BCUT2D eigenvalue weighted by Crippen LogP contribution is 2.38. The van der Waals surface area contributed by atoms with E-state index in [1.807, 2.05) is 13.0 Å². The van der Waals surface area contributed by atoms with E-state index in [0.717, 1.165) is 16.5 Å². The molecular weight excluding hydrogens is 366 g/mol. The zero-order valence-electron chi connectivity index (χ0n) is 12.8. The molecule has 1 aliphatic heterocycles. The smallest absolute Gasteiger partial charge is 0.266 e. The van der Waals surface area contributed by atoms with Crippen LogP contribution in [0.1, 0.15) is 5.56 Å². The third kappa shape index (κ3) is 2.57. The van der Waals surface area contributed by atoms with Crippen LogP contribution in [0.2, 0.25) is 5.02 Å². The fourth-order valence-electron chi connectivity index (χ4n) is 2.66. The Balaban J connectivity index is 1.82. The first-order valence-corrected chi connectivity index (χ1v) is 9.05. The molecule has 0 bridgehead atoms. The molecule has 4 N–H and O–H groups in total. The summed E-state index contributed by atoms with van der Waals surface area (Å²) in [4.78, 5) is 3.99. The summed E-state index contributed by atoms with van der Waals surface area (Å²) >= 11 is 5.82. The van der Waals surface area contributed by atoms with Gasteiger partial charge >= 0.3 is 0 Å². The first-order valence-electron chi connectivity index (χ1n) is 7.19. The summed E-state index contributed by atoms with van der Waals surface area (Å²) in [6, 6.07) is 6.13. The third-order valence-corrected chi connectivity index (χ3v) is 5.41. The number of guanidine groups is 1. The molecule has 3 aromatic rings. The van der Waals surface area contributed by atoms with Gasteiger partial charge in [0.25, 0.3) is 10.0 Å². The molecule has 4 rings (SSSR count). The van der Waals surface area contributed by atoms with E-state index in [4.69, 9.17) is 11.6 Å². The number of benzene rings is 2. The fourth-order valence-corrected chi connectivity index (χ4v) is 4.08. The van der Waals surface area contributed by atoms with Crippen LogP contribution in [0.25, 0.3) is 10.9 Å². The number of hydrogen-bond donors (Lipinski definition) is 4. The van der Waals surface area contributed by atoms with Gasteiger partial charge in [-0.1, -0.05) is 17.7 Å². The third-order valence-electron chi connectivity index (χ3n) is 3.84. The first-order chi connectivity index (χ1) is 11.8. The number of H-pyrrole nitrogens is 1. The molecule has 1 aliphatic rings. The van der Waals surface area contributed by atoms with Crippen molar-refractivity contribution in [1.29, 1.82) is 0 Å². The van der Waals surface area contributed by atoms with Crippen molar-refractivity contribution in [2.24, 2.45) is 4.99 Å². The predicted molar refractivity (Wildman–Crippen MR) is 95.0 cm³/mol. The van der Waals surface area contributed by atoms with Crippen LogP contribution in [0.15, 0.2) is 40.4 Å². The van der Waals surface area contributed by atoms with Gasteiger partial charge in [-0.25, -0.2) is 18.1 Å². The van der Waals surface area contributed by atoms with Crippen LogP contribution >= 0.6 is 11.6 Å². The number of anilines is 1. The summed E-state index contributed by atoms with van der Waals surface area (Å²) in [6.07, 6.45) is 1.63. The second-order valence-electron chi connectivity index (χ2n) is 5.55.